The van der Waals surface area contributed by atoms with Crippen molar-refractivity contribution in [3.05, 3.63) is 39.6 Å². The Bertz CT molecular complexity index is 679. The number of hydrogen-bond donors (Lipinski definition) is 1. The van der Waals surface area contributed by atoms with E-state index in [0.717, 1.165) is 44.3 Å². The fraction of sp³-hybridized carbons (Fsp3) is 0.556. The maximum Gasteiger partial charge on any atom is 0.227 e. The molecule has 0 saturated carbocycles. The minimum Gasteiger partial charge on any atom is -0.355 e. The molecular weight excluding hydrogens is 306 g/mol. The Morgan fingerprint density at radius 1 is 1.35 bits per heavy atom. The van der Waals surface area contributed by atoms with Crippen molar-refractivity contribution in [2.24, 2.45) is 0 Å². The number of hydrogen-bond acceptors (Lipinski definition) is 3. The van der Waals surface area contributed by atoms with E-state index < -0.39 is 0 Å². The highest BCUT2D eigenvalue weighted by molar-refractivity contribution is 7.10. The average Bonchev–Trinajstić information content (AvgIpc) is 3.20. The molecule has 1 amide bonds. The van der Waals surface area contributed by atoms with Crippen molar-refractivity contribution in [2.45, 2.75) is 57.4 Å². The van der Waals surface area contributed by atoms with Crippen molar-refractivity contribution in [1.82, 2.24) is 14.9 Å². The second kappa shape index (κ2) is 6.48. The number of aryl methyl sites for hydroxylation is 3. The molecule has 1 aliphatic heterocycles. The van der Waals surface area contributed by atoms with Crippen molar-refractivity contribution >= 4 is 17.2 Å². The Balaban J connectivity index is 1.33. The van der Waals surface area contributed by atoms with Gasteiger partial charge in [0.1, 0.15) is 5.82 Å². The Labute approximate surface area is 140 Å². The molecule has 1 aliphatic carbocycles. The lowest BCUT2D eigenvalue weighted by molar-refractivity contribution is -0.122. The van der Waals surface area contributed by atoms with Crippen LogP contribution in [0.2, 0.25) is 0 Å². The molecule has 0 spiro atoms. The molecule has 0 unspecified atom stereocenters. The third-order valence-corrected chi connectivity index (χ3v) is 6.00. The van der Waals surface area contributed by atoms with E-state index in [1.807, 2.05) is 0 Å². The van der Waals surface area contributed by atoms with Gasteiger partial charge in [0.15, 0.2) is 0 Å². The molecule has 1 N–H and O–H groups in total. The molecule has 4 nitrogen and oxygen atoms in total. The van der Waals surface area contributed by atoms with Crippen molar-refractivity contribution in [2.75, 3.05) is 6.54 Å². The summed E-state index contributed by atoms with van der Waals surface area (Å²) in [5.74, 6) is 1.46. The van der Waals surface area contributed by atoms with Crippen LogP contribution in [-0.2, 0) is 30.6 Å². The largest absolute Gasteiger partial charge is 0.355 e. The predicted octanol–water partition coefficient (Wildman–Crippen LogP) is 3.06. The van der Waals surface area contributed by atoms with Crippen LogP contribution in [0.3, 0.4) is 0 Å². The predicted molar refractivity (Wildman–Crippen MR) is 91.9 cm³/mol. The summed E-state index contributed by atoms with van der Waals surface area (Å²) in [5.41, 5.74) is 2.37. The van der Waals surface area contributed by atoms with Gasteiger partial charge in [-0.2, -0.15) is 0 Å². The summed E-state index contributed by atoms with van der Waals surface area (Å²) < 4.78 is 2.28. The van der Waals surface area contributed by atoms with E-state index in [9.17, 15) is 4.79 Å². The number of fused-ring (bicyclic) bond motifs is 2. The summed E-state index contributed by atoms with van der Waals surface area (Å²) in [7, 11) is 0. The van der Waals surface area contributed by atoms with Crippen LogP contribution in [0.1, 0.15) is 53.6 Å². The molecule has 0 saturated heterocycles. The lowest BCUT2D eigenvalue weighted by Gasteiger charge is -2.21. The molecule has 1 atom stereocenters. The number of carbonyl (C=O) groups is 1. The minimum atomic E-state index is 0.0557. The SMILES string of the molecule is O=C(NCCc1cn2c(n1)CCCC2)[C@H]1CCCc2sccc21. The summed E-state index contributed by atoms with van der Waals surface area (Å²) in [4.78, 5) is 18.6. The molecule has 5 heteroatoms. The second-order valence-electron chi connectivity index (χ2n) is 6.58. The van der Waals surface area contributed by atoms with E-state index in [2.05, 4.69) is 27.5 Å². The van der Waals surface area contributed by atoms with Crippen LogP contribution in [0.25, 0.3) is 0 Å². The Kier molecular flexibility index (Phi) is 4.21. The van der Waals surface area contributed by atoms with Crippen LogP contribution >= 0.6 is 11.3 Å². The monoisotopic (exact) mass is 329 g/mol. The molecule has 122 valence electrons. The first-order chi connectivity index (χ1) is 11.3. The normalized spacial score (nSPS) is 19.9. The summed E-state index contributed by atoms with van der Waals surface area (Å²) >= 11 is 1.79. The number of rotatable bonds is 4. The van der Waals surface area contributed by atoms with Gasteiger partial charge in [0, 0.05) is 37.0 Å². The van der Waals surface area contributed by atoms with Gasteiger partial charge in [-0.3, -0.25) is 4.79 Å². The van der Waals surface area contributed by atoms with Crippen molar-refractivity contribution in [3.63, 3.8) is 0 Å². The number of amides is 1. The molecule has 23 heavy (non-hydrogen) atoms. The van der Waals surface area contributed by atoms with Crippen molar-refractivity contribution in [1.29, 1.82) is 0 Å². The van der Waals surface area contributed by atoms with E-state index in [4.69, 9.17) is 4.98 Å². The van der Waals surface area contributed by atoms with Gasteiger partial charge in [-0.1, -0.05) is 0 Å². The highest BCUT2D eigenvalue weighted by Crippen LogP contribution is 2.34. The van der Waals surface area contributed by atoms with Gasteiger partial charge in [0.25, 0.3) is 0 Å². The number of thiophene rings is 1. The standard InChI is InChI=1S/C18H23N3OS/c22-18(15-4-3-5-16-14(15)8-11-23-16)19-9-7-13-12-21-10-2-1-6-17(21)20-13/h8,11-12,15H,1-7,9-10H2,(H,19,22)/t15-/m0/s1. The highest BCUT2D eigenvalue weighted by Gasteiger charge is 2.27. The molecule has 2 aromatic rings. The van der Waals surface area contributed by atoms with E-state index in [1.54, 1.807) is 11.3 Å². The van der Waals surface area contributed by atoms with E-state index >= 15 is 0 Å². The first-order valence-electron chi connectivity index (χ1n) is 8.70. The van der Waals surface area contributed by atoms with Crippen molar-refractivity contribution in [3.8, 4) is 0 Å². The van der Waals surface area contributed by atoms with Gasteiger partial charge in [-0.05, 0) is 49.1 Å². The number of aromatic nitrogens is 2. The maximum atomic E-state index is 12.5. The quantitative estimate of drug-likeness (QED) is 0.937. The summed E-state index contributed by atoms with van der Waals surface area (Å²) in [6.07, 6.45) is 9.83. The highest BCUT2D eigenvalue weighted by atomic mass is 32.1. The van der Waals surface area contributed by atoms with Crippen LogP contribution in [0.4, 0.5) is 0 Å². The molecule has 2 aliphatic rings. The molecule has 0 aromatic carbocycles. The van der Waals surface area contributed by atoms with Gasteiger partial charge in [-0.25, -0.2) is 4.98 Å². The third kappa shape index (κ3) is 3.07. The van der Waals surface area contributed by atoms with Gasteiger partial charge in [0.05, 0.1) is 11.6 Å². The number of imidazole rings is 1. The average molecular weight is 329 g/mol. The van der Waals surface area contributed by atoms with Crippen LogP contribution in [0.15, 0.2) is 17.6 Å². The fourth-order valence-corrected chi connectivity index (χ4v) is 4.78. The molecular formula is C18H23N3OS. The van der Waals surface area contributed by atoms with Gasteiger partial charge in [-0.15, -0.1) is 11.3 Å². The molecule has 0 fully saturated rings. The molecule has 2 aromatic heterocycles. The van der Waals surface area contributed by atoms with Gasteiger partial charge in [0.2, 0.25) is 5.91 Å². The molecule has 0 bridgehead atoms. The molecule has 4 rings (SSSR count). The molecule has 0 radical (unpaired) electrons. The van der Waals surface area contributed by atoms with E-state index in [-0.39, 0.29) is 11.8 Å². The molecule has 3 heterocycles. The maximum absolute atomic E-state index is 12.5. The zero-order valence-electron chi connectivity index (χ0n) is 13.4. The smallest absolute Gasteiger partial charge is 0.227 e. The van der Waals surface area contributed by atoms with E-state index in [1.165, 1.54) is 29.1 Å². The first kappa shape index (κ1) is 14.9. The lowest BCUT2D eigenvalue weighted by atomic mass is 9.87. The first-order valence-corrected chi connectivity index (χ1v) is 9.58. The number of nitrogens with one attached hydrogen (secondary N) is 1. The summed E-state index contributed by atoms with van der Waals surface area (Å²) in [5, 5.41) is 5.25. The third-order valence-electron chi connectivity index (χ3n) is 5.01. The Morgan fingerprint density at radius 2 is 2.30 bits per heavy atom. The van der Waals surface area contributed by atoms with Crippen LogP contribution in [0.5, 0.6) is 0 Å². The summed E-state index contributed by atoms with van der Waals surface area (Å²) in [6.45, 7) is 1.78. The number of carbonyl (C=O) groups excluding carboxylic acids is 1. The van der Waals surface area contributed by atoms with Crippen LogP contribution in [0, 0.1) is 0 Å². The van der Waals surface area contributed by atoms with Crippen molar-refractivity contribution < 1.29 is 4.79 Å². The van der Waals surface area contributed by atoms with Gasteiger partial charge >= 0.3 is 0 Å². The van der Waals surface area contributed by atoms with Crippen LogP contribution in [-0.4, -0.2) is 22.0 Å². The Hall–Kier alpha value is -1.62. The Morgan fingerprint density at radius 3 is 3.22 bits per heavy atom. The zero-order valence-corrected chi connectivity index (χ0v) is 14.2. The lowest BCUT2D eigenvalue weighted by Crippen LogP contribution is -2.32. The topological polar surface area (TPSA) is 46.9 Å². The summed E-state index contributed by atoms with van der Waals surface area (Å²) in [6, 6.07) is 2.13. The second-order valence-corrected chi connectivity index (χ2v) is 7.58. The zero-order chi connectivity index (χ0) is 15.6. The van der Waals surface area contributed by atoms with Gasteiger partial charge < -0.3 is 9.88 Å². The van der Waals surface area contributed by atoms with E-state index in [0.29, 0.717) is 6.54 Å². The fourth-order valence-electron chi connectivity index (χ4n) is 3.79. The van der Waals surface area contributed by atoms with Crippen LogP contribution < -0.4 is 5.32 Å². The minimum absolute atomic E-state index is 0.0557. The number of nitrogens with zero attached hydrogens (tertiary/aromatic N) is 2.